The van der Waals surface area contributed by atoms with Crippen LogP contribution in [0.3, 0.4) is 0 Å². The third-order valence-corrected chi connectivity index (χ3v) is 4.81. The van der Waals surface area contributed by atoms with Gasteiger partial charge in [-0.05, 0) is 50.8 Å². The van der Waals surface area contributed by atoms with Gasteiger partial charge in [0, 0.05) is 24.7 Å². The van der Waals surface area contributed by atoms with Gasteiger partial charge in [-0.2, -0.15) is 0 Å². The summed E-state index contributed by atoms with van der Waals surface area (Å²) in [6.45, 7) is 4.02. The number of guanidine groups is 1. The molecule has 0 aromatic heterocycles. The van der Waals surface area contributed by atoms with Crippen LogP contribution in [0, 0.1) is 0 Å². The van der Waals surface area contributed by atoms with E-state index in [2.05, 4.69) is 48.7 Å². The molecule has 0 bridgehead atoms. The number of hydrogen-bond donors (Lipinski definition) is 2. The molecule has 0 radical (unpaired) electrons. The molecule has 0 saturated heterocycles. The van der Waals surface area contributed by atoms with E-state index in [0.717, 1.165) is 35.3 Å². The number of benzene rings is 2. The Bertz CT molecular complexity index is 824. The molecular formula is C23H34N4O3. The summed E-state index contributed by atoms with van der Waals surface area (Å²) in [6, 6.07) is 14.1. The van der Waals surface area contributed by atoms with E-state index in [4.69, 9.17) is 19.2 Å². The summed E-state index contributed by atoms with van der Waals surface area (Å²) in [5.74, 6) is 3.13. The van der Waals surface area contributed by atoms with Crippen molar-refractivity contribution in [1.82, 2.24) is 15.5 Å². The zero-order chi connectivity index (χ0) is 21.9. The van der Waals surface area contributed by atoms with Crippen molar-refractivity contribution in [2.75, 3.05) is 48.5 Å². The lowest BCUT2D eigenvalue weighted by molar-refractivity contribution is 0.297. The van der Waals surface area contributed by atoms with E-state index in [1.807, 2.05) is 30.3 Å². The Morgan fingerprint density at radius 3 is 2.33 bits per heavy atom. The van der Waals surface area contributed by atoms with Crippen LogP contribution in [-0.2, 0) is 6.54 Å². The molecular weight excluding hydrogens is 380 g/mol. The second-order valence-electron chi connectivity index (χ2n) is 7.01. The molecule has 0 amide bonds. The first kappa shape index (κ1) is 23.3. The second kappa shape index (κ2) is 11.9. The minimum Gasteiger partial charge on any atom is -0.497 e. The highest BCUT2D eigenvalue weighted by Gasteiger charge is 2.15. The molecule has 30 heavy (non-hydrogen) atoms. The van der Waals surface area contributed by atoms with Crippen LogP contribution in [0.2, 0.25) is 0 Å². The minimum atomic E-state index is 0.166. The van der Waals surface area contributed by atoms with Gasteiger partial charge in [0.15, 0.2) is 5.96 Å². The standard InChI is InChI=1S/C23H34N4O3/c1-7-24-23(25-15-18-11-12-20(29-5)14-22(18)30-6)26-16-21(27(2)3)17-9-8-10-19(13-17)28-4/h8-14,21H,7,15-16H2,1-6H3,(H2,24,25,26). The normalized spacial score (nSPS) is 12.4. The van der Waals surface area contributed by atoms with Crippen molar-refractivity contribution in [2.45, 2.75) is 19.5 Å². The molecule has 1 unspecified atom stereocenters. The lowest BCUT2D eigenvalue weighted by Gasteiger charge is -2.26. The Morgan fingerprint density at radius 1 is 0.967 bits per heavy atom. The van der Waals surface area contributed by atoms with E-state index in [1.165, 1.54) is 5.56 Å². The molecule has 1 atom stereocenters. The summed E-state index contributed by atoms with van der Waals surface area (Å²) in [5.41, 5.74) is 2.17. The molecule has 0 aliphatic rings. The number of ether oxygens (including phenoxy) is 3. The van der Waals surface area contributed by atoms with Gasteiger partial charge in [-0.15, -0.1) is 0 Å². The SMILES string of the molecule is CCNC(=NCc1ccc(OC)cc1OC)NCC(c1cccc(OC)c1)N(C)C. The maximum atomic E-state index is 5.48. The number of aliphatic imine (C=N–C) groups is 1. The third-order valence-electron chi connectivity index (χ3n) is 4.81. The van der Waals surface area contributed by atoms with Gasteiger partial charge in [-0.25, -0.2) is 4.99 Å². The van der Waals surface area contributed by atoms with Crippen molar-refractivity contribution in [3.8, 4) is 17.2 Å². The predicted molar refractivity (Wildman–Crippen MR) is 122 cm³/mol. The topological polar surface area (TPSA) is 67.4 Å². The van der Waals surface area contributed by atoms with Gasteiger partial charge in [-0.3, -0.25) is 0 Å². The predicted octanol–water partition coefficient (Wildman–Crippen LogP) is 3.07. The van der Waals surface area contributed by atoms with Gasteiger partial charge < -0.3 is 29.7 Å². The fraction of sp³-hybridized carbons (Fsp3) is 0.435. The monoisotopic (exact) mass is 414 g/mol. The lowest BCUT2D eigenvalue weighted by Crippen LogP contribution is -2.41. The van der Waals surface area contributed by atoms with Crippen LogP contribution < -0.4 is 24.8 Å². The lowest BCUT2D eigenvalue weighted by atomic mass is 10.1. The molecule has 0 heterocycles. The van der Waals surface area contributed by atoms with E-state index >= 15 is 0 Å². The molecule has 0 aliphatic heterocycles. The van der Waals surface area contributed by atoms with Crippen LogP contribution in [0.5, 0.6) is 17.2 Å². The maximum Gasteiger partial charge on any atom is 0.191 e. The van der Waals surface area contributed by atoms with Crippen LogP contribution in [0.1, 0.15) is 24.1 Å². The van der Waals surface area contributed by atoms with Crippen molar-refractivity contribution in [3.05, 3.63) is 53.6 Å². The quantitative estimate of drug-likeness (QED) is 0.460. The zero-order valence-electron chi connectivity index (χ0n) is 18.9. The Hall–Kier alpha value is -2.93. The third kappa shape index (κ3) is 6.56. The summed E-state index contributed by atoms with van der Waals surface area (Å²) in [7, 11) is 9.12. The van der Waals surface area contributed by atoms with Crippen LogP contribution in [0.4, 0.5) is 0 Å². The van der Waals surface area contributed by atoms with Gasteiger partial charge in [0.2, 0.25) is 0 Å². The molecule has 0 fully saturated rings. The zero-order valence-corrected chi connectivity index (χ0v) is 18.9. The van der Waals surface area contributed by atoms with Gasteiger partial charge in [0.25, 0.3) is 0 Å². The smallest absolute Gasteiger partial charge is 0.191 e. The average Bonchev–Trinajstić information content (AvgIpc) is 2.77. The van der Waals surface area contributed by atoms with Gasteiger partial charge >= 0.3 is 0 Å². The van der Waals surface area contributed by atoms with Crippen molar-refractivity contribution >= 4 is 5.96 Å². The Balaban J connectivity index is 2.13. The summed E-state index contributed by atoms with van der Waals surface area (Å²) < 4.78 is 16.1. The fourth-order valence-corrected chi connectivity index (χ4v) is 3.13. The average molecular weight is 415 g/mol. The maximum absolute atomic E-state index is 5.48. The number of methoxy groups -OCH3 is 3. The Labute approximate surface area is 180 Å². The highest BCUT2D eigenvalue weighted by molar-refractivity contribution is 5.79. The number of hydrogen-bond acceptors (Lipinski definition) is 5. The van der Waals surface area contributed by atoms with E-state index in [0.29, 0.717) is 13.1 Å². The van der Waals surface area contributed by atoms with Crippen LogP contribution in [0.15, 0.2) is 47.5 Å². The first-order valence-corrected chi connectivity index (χ1v) is 10.1. The summed E-state index contributed by atoms with van der Waals surface area (Å²) >= 11 is 0. The van der Waals surface area contributed by atoms with E-state index in [-0.39, 0.29) is 6.04 Å². The number of nitrogens with one attached hydrogen (secondary N) is 2. The molecule has 0 saturated carbocycles. The van der Waals surface area contributed by atoms with Gasteiger partial charge in [0.1, 0.15) is 17.2 Å². The summed E-state index contributed by atoms with van der Waals surface area (Å²) in [5, 5.41) is 6.77. The first-order chi connectivity index (χ1) is 14.5. The van der Waals surface area contributed by atoms with Crippen molar-refractivity contribution in [1.29, 1.82) is 0 Å². The molecule has 0 spiro atoms. The van der Waals surface area contributed by atoms with Crippen LogP contribution in [-0.4, -0.2) is 59.4 Å². The van der Waals surface area contributed by atoms with E-state index in [9.17, 15) is 0 Å². The summed E-state index contributed by atoms with van der Waals surface area (Å²) in [6.07, 6.45) is 0. The van der Waals surface area contributed by atoms with Gasteiger partial charge in [0.05, 0.1) is 33.9 Å². The fourth-order valence-electron chi connectivity index (χ4n) is 3.13. The molecule has 0 aliphatic carbocycles. The minimum absolute atomic E-state index is 0.166. The largest absolute Gasteiger partial charge is 0.497 e. The summed E-state index contributed by atoms with van der Waals surface area (Å²) in [4.78, 5) is 6.92. The number of nitrogens with zero attached hydrogens (tertiary/aromatic N) is 2. The van der Waals surface area contributed by atoms with Crippen molar-refractivity contribution in [3.63, 3.8) is 0 Å². The molecule has 164 valence electrons. The number of likely N-dealkylation sites (N-methyl/N-ethyl adjacent to an activating group) is 1. The molecule has 2 N–H and O–H groups in total. The molecule has 2 aromatic rings. The Morgan fingerprint density at radius 2 is 1.70 bits per heavy atom. The molecule has 7 nitrogen and oxygen atoms in total. The van der Waals surface area contributed by atoms with Crippen molar-refractivity contribution < 1.29 is 14.2 Å². The van der Waals surface area contributed by atoms with Crippen molar-refractivity contribution in [2.24, 2.45) is 4.99 Å². The van der Waals surface area contributed by atoms with Crippen LogP contribution in [0.25, 0.3) is 0 Å². The Kier molecular flexibility index (Phi) is 9.28. The van der Waals surface area contributed by atoms with E-state index in [1.54, 1.807) is 21.3 Å². The highest BCUT2D eigenvalue weighted by Crippen LogP contribution is 2.25. The van der Waals surface area contributed by atoms with Gasteiger partial charge in [-0.1, -0.05) is 12.1 Å². The molecule has 7 heteroatoms. The first-order valence-electron chi connectivity index (χ1n) is 10.1. The molecule has 2 aromatic carbocycles. The van der Waals surface area contributed by atoms with Crippen LogP contribution >= 0.6 is 0 Å². The second-order valence-corrected chi connectivity index (χ2v) is 7.01. The number of rotatable bonds is 10. The van der Waals surface area contributed by atoms with E-state index < -0.39 is 0 Å². The molecule has 2 rings (SSSR count). The highest BCUT2D eigenvalue weighted by atomic mass is 16.5.